The first-order valence-corrected chi connectivity index (χ1v) is 8.92. The van der Waals surface area contributed by atoms with Gasteiger partial charge in [-0.05, 0) is 13.8 Å². The number of nitrogens with zero attached hydrogens (tertiary/aromatic N) is 6. The van der Waals surface area contributed by atoms with Gasteiger partial charge in [0.15, 0.2) is 0 Å². The number of aryl methyl sites for hydroxylation is 2. The molecule has 12 heteroatoms. The number of ether oxygens (including phenoxy) is 1. The highest BCUT2D eigenvalue weighted by Gasteiger charge is 2.29. The molecular weight excluding hydrogens is 370 g/mol. The monoisotopic (exact) mass is 391 g/mol. The molecule has 1 aliphatic rings. The minimum absolute atomic E-state index is 0.184. The Labute approximate surface area is 160 Å². The van der Waals surface area contributed by atoms with Gasteiger partial charge < -0.3 is 15.0 Å². The van der Waals surface area contributed by atoms with Gasteiger partial charge in [0.1, 0.15) is 11.9 Å². The number of anilines is 1. The summed E-state index contributed by atoms with van der Waals surface area (Å²) in [5.74, 6) is -1.06. The molecule has 150 valence electrons. The lowest BCUT2D eigenvalue weighted by Gasteiger charge is -2.27. The predicted molar refractivity (Wildman–Crippen MR) is 97.1 cm³/mol. The number of nitro groups is 1. The molecule has 0 atom stereocenters. The smallest absolute Gasteiger partial charge is 0.320 e. The maximum absolute atomic E-state index is 12.9. The van der Waals surface area contributed by atoms with Gasteiger partial charge in [0.2, 0.25) is 5.69 Å². The van der Waals surface area contributed by atoms with Crippen LogP contribution in [0.25, 0.3) is 0 Å². The molecule has 1 saturated heterocycles. The molecule has 0 bridgehead atoms. The first-order chi connectivity index (χ1) is 13.5. The Morgan fingerprint density at radius 1 is 1.29 bits per heavy atom. The molecule has 0 saturated carbocycles. The SMILES string of the molecule is CCn1cc([N+](=O)[O-])c(C(=O)Nc2cnn(CC)c2C(=O)N2CCOCC2)n1. The Bertz CT molecular complexity index is 897. The van der Waals surface area contributed by atoms with Crippen LogP contribution < -0.4 is 5.32 Å². The van der Waals surface area contributed by atoms with E-state index in [-0.39, 0.29) is 23.0 Å². The molecular formula is C16H21N7O5. The van der Waals surface area contributed by atoms with E-state index in [0.717, 1.165) is 0 Å². The number of rotatable bonds is 6. The fraction of sp³-hybridized carbons (Fsp3) is 0.500. The summed E-state index contributed by atoms with van der Waals surface area (Å²) in [4.78, 5) is 37.8. The zero-order valence-electron chi connectivity index (χ0n) is 15.6. The molecule has 2 aromatic rings. The van der Waals surface area contributed by atoms with E-state index >= 15 is 0 Å². The van der Waals surface area contributed by atoms with Crippen molar-refractivity contribution in [2.24, 2.45) is 0 Å². The number of amides is 2. The largest absolute Gasteiger partial charge is 0.378 e. The molecule has 3 heterocycles. The average molecular weight is 391 g/mol. The summed E-state index contributed by atoms with van der Waals surface area (Å²) in [6.07, 6.45) is 2.56. The maximum atomic E-state index is 12.9. The minimum atomic E-state index is -0.773. The van der Waals surface area contributed by atoms with Crippen LogP contribution in [0.1, 0.15) is 34.8 Å². The first-order valence-electron chi connectivity index (χ1n) is 8.92. The van der Waals surface area contributed by atoms with Crippen LogP contribution in [0.15, 0.2) is 12.4 Å². The number of hydrogen-bond acceptors (Lipinski definition) is 7. The normalized spacial score (nSPS) is 14.1. The van der Waals surface area contributed by atoms with Gasteiger partial charge in [-0.1, -0.05) is 0 Å². The molecule has 0 unspecified atom stereocenters. The van der Waals surface area contributed by atoms with Crippen LogP contribution in [0.5, 0.6) is 0 Å². The lowest BCUT2D eigenvalue weighted by Crippen LogP contribution is -2.41. The summed E-state index contributed by atoms with van der Waals surface area (Å²) in [5.41, 5.74) is -0.317. The molecule has 2 amide bonds. The number of carbonyl (C=O) groups excluding carboxylic acids is 2. The second kappa shape index (κ2) is 8.17. The van der Waals surface area contributed by atoms with Crippen molar-refractivity contribution in [1.29, 1.82) is 0 Å². The van der Waals surface area contributed by atoms with Gasteiger partial charge in [-0.25, -0.2) is 0 Å². The van der Waals surface area contributed by atoms with Crippen molar-refractivity contribution in [2.75, 3.05) is 31.6 Å². The van der Waals surface area contributed by atoms with E-state index < -0.39 is 16.5 Å². The molecule has 28 heavy (non-hydrogen) atoms. The van der Waals surface area contributed by atoms with Crippen molar-refractivity contribution >= 4 is 23.2 Å². The highest BCUT2D eigenvalue weighted by Crippen LogP contribution is 2.22. The summed E-state index contributed by atoms with van der Waals surface area (Å²) in [6.45, 7) is 6.13. The molecule has 0 aliphatic carbocycles. The maximum Gasteiger partial charge on any atom is 0.320 e. The third-order valence-corrected chi connectivity index (χ3v) is 4.37. The highest BCUT2D eigenvalue weighted by molar-refractivity contribution is 6.09. The summed E-state index contributed by atoms with van der Waals surface area (Å²) in [7, 11) is 0. The van der Waals surface area contributed by atoms with Crippen molar-refractivity contribution in [3.63, 3.8) is 0 Å². The fourth-order valence-corrected chi connectivity index (χ4v) is 2.91. The van der Waals surface area contributed by atoms with Crippen molar-refractivity contribution in [3.05, 3.63) is 33.9 Å². The number of nitrogens with one attached hydrogen (secondary N) is 1. The molecule has 2 aromatic heterocycles. The van der Waals surface area contributed by atoms with E-state index in [4.69, 9.17) is 4.74 Å². The van der Waals surface area contributed by atoms with Crippen molar-refractivity contribution < 1.29 is 19.2 Å². The summed E-state index contributed by atoms with van der Waals surface area (Å²) in [5, 5.41) is 21.9. The van der Waals surface area contributed by atoms with Gasteiger partial charge in [-0.15, -0.1) is 0 Å². The molecule has 1 N–H and O–H groups in total. The van der Waals surface area contributed by atoms with Crippen LogP contribution in [-0.2, 0) is 17.8 Å². The van der Waals surface area contributed by atoms with E-state index in [1.165, 1.54) is 21.8 Å². The molecule has 0 aromatic carbocycles. The van der Waals surface area contributed by atoms with E-state index in [1.807, 2.05) is 6.92 Å². The second-order valence-electron chi connectivity index (χ2n) is 6.06. The van der Waals surface area contributed by atoms with Crippen molar-refractivity contribution in [2.45, 2.75) is 26.9 Å². The van der Waals surface area contributed by atoms with Crippen LogP contribution in [0.3, 0.4) is 0 Å². The number of hydrogen-bond donors (Lipinski definition) is 1. The Hall–Kier alpha value is -3.28. The Morgan fingerprint density at radius 2 is 2.00 bits per heavy atom. The van der Waals surface area contributed by atoms with Crippen LogP contribution in [0, 0.1) is 10.1 Å². The van der Waals surface area contributed by atoms with Crippen molar-refractivity contribution in [3.8, 4) is 0 Å². The van der Waals surface area contributed by atoms with E-state index in [9.17, 15) is 19.7 Å². The Morgan fingerprint density at radius 3 is 2.61 bits per heavy atom. The Balaban J connectivity index is 1.90. The van der Waals surface area contributed by atoms with Crippen LogP contribution in [0.2, 0.25) is 0 Å². The number of aromatic nitrogens is 4. The topological polar surface area (TPSA) is 137 Å². The molecule has 0 spiro atoms. The minimum Gasteiger partial charge on any atom is -0.378 e. The highest BCUT2D eigenvalue weighted by atomic mass is 16.6. The van der Waals surface area contributed by atoms with Crippen LogP contribution >= 0.6 is 0 Å². The zero-order chi connectivity index (χ0) is 20.3. The van der Waals surface area contributed by atoms with Gasteiger partial charge in [-0.2, -0.15) is 10.2 Å². The van der Waals surface area contributed by atoms with E-state index in [0.29, 0.717) is 39.4 Å². The third-order valence-electron chi connectivity index (χ3n) is 4.37. The first kappa shape index (κ1) is 19.5. The Kier molecular flexibility index (Phi) is 5.68. The van der Waals surface area contributed by atoms with Crippen LogP contribution in [-0.4, -0.2) is 67.5 Å². The quantitative estimate of drug-likeness (QED) is 0.566. The van der Waals surface area contributed by atoms with Gasteiger partial charge in [0, 0.05) is 26.2 Å². The third kappa shape index (κ3) is 3.71. The van der Waals surface area contributed by atoms with Gasteiger partial charge >= 0.3 is 5.69 Å². The summed E-state index contributed by atoms with van der Waals surface area (Å²) in [6, 6.07) is 0. The van der Waals surface area contributed by atoms with E-state index in [1.54, 1.807) is 11.8 Å². The molecule has 1 fully saturated rings. The predicted octanol–water partition coefficient (Wildman–Crippen LogP) is 0.752. The number of carbonyl (C=O) groups is 2. The van der Waals surface area contributed by atoms with E-state index in [2.05, 4.69) is 15.5 Å². The molecule has 3 rings (SSSR count). The average Bonchev–Trinajstić information content (AvgIpc) is 3.32. The van der Waals surface area contributed by atoms with Gasteiger partial charge in [0.25, 0.3) is 11.8 Å². The molecule has 1 aliphatic heterocycles. The lowest BCUT2D eigenvalue weighted by atomic mass is 10.2. The molecule has 12 nitrogen and oxygen atoms in total. The standard InChI is InChI=1S/C16H21N7O5/c1-3-21-10-12(23(26)27)13(19-21)15(24)18-11-9-17-22(4-2)14(11)16(25)20-5-7-28-8-6-20/h9-10H,3-8H2,1-2H3,(H,18,24). The van der Waals surface area contributed by atoms with Gasteiger partial charge in [0.05, 0.1) is 30.0 Å². The summed E-state index contributed by atoms with van der Waals surface area (Å²) >= 11 is 0. The number of morpholine rings is 1. The van der Waals surface area contributed by atoms with Crippen LogP contribution in [0.4, 0.5) is 11.4 Å². The molecule has 0 radical (unpaired) electrons. The zero-order valence-corrected chi connectivity index (χ0v) is 15.6. The van der Waals surface area contributed by atoms with Gasteiger partial charge in [-0.3, -0.25) is 29.1 Å². The lowest BCUT2D eigenvalue weighted by molar-refractivity contribution is -0.385. The van der Waals surface area contributed by atoms with Crippen molar-refractivity contribution in [1.82, 2.24) is 24.5 Å². The second-order valence-corrected chi connectivity index (χ2v) is 6.06. The summed E-state index contributed by atoms with van der Waals surface area (Å²) < 4.78 is 8.05. The fourth-order valence-electron chi connectivity index (χ4n) is 2.91.